The highest BCUT2D eigenvalue weighted by molar-refractivity contribution is 5.95. The predicted molar refractivity (Wildman–Crippen MR) is 106 cm³/mol. The number of nitrogens with zero attached hydrogens (tertiary/aromatic N) is 2. The van der Waals surface area contributed by atoms with E-state index in [1.54, 1.807) is 17.9 Å². The molecule has 0 aromatic carbocycles. The number of carbonyl (C=O) groups is 2. The second kappa shape index (κ2) is 10.6. The number of nitrogens with one attached hydrogen (secondary N) is 1. The fourth-order valence-electron chi connectivity index (χ4n) is 3.95. The number of hydrogen-bond donors (Lipinski definition) is 1. The lowest BCUT2D eigenvalue weighted by Gasteiger charge is -2.27. The summed E-state index contributed by atoms with van der Waals surface area (Å²) in [6.45, 7) is 7.26. The molecular formula is C21H33N3O4. The molecule has 0 saturated carbocycles. The van der Waals surface area contributed by atoms with Gasteiger partial charge in [-0.05, 0) is 51.8 Å². The van der Waals surface area contributed by atoms with E-state index in [0.717, 1.165) is 39.1 Å². The van der Waals surface area contributed by atoms with E-state index in [-0.39, 0.29) is 17.9 Å². The normalized spacial score (nSPS) is 20.2. The summed E-state index contributed by atoms with van der Waals surface area (Å²) in [4.78, 5) is 29.3. The topological polar surface area (TPSA) is 75.0 Å². The van der Waals surface area contributed by atoms with Gasteiger partial charge in [-0.2, -0.15) is 0 Å². The van der Waals surface area contributed by atoms with Crippen LogP contribution in [0.15, 0.2) is 16.7 Å². The van der Waals surface area contributed by atoms with Crippen molar-refractivity contribution in [3.05, 3.63) is 23.7 Å². The summed E-state index contributed by atoms with van der Waals surface area (Å²) in [5.41, 5.74) is 0.559. The number of rotatable bonds is 9. The predicted octanol–water partition coefficient (Wildman–Crippen LogP) is 2.20. The minimum absolute atomic E-state index is 0.00827. The van der Waals surface area contributed by atoms with Crippen LogP contribution in [0.25, 0.3) is 0 Å². The molecule has 1 N–H and O–H groups in total. The highest BCUT2D eigenvalue weighted by atomic mass is 16.5. The maximum atomic E-state index is 12.9. The number of furan rings is 1. The second-order valence-corrected chi connectivity index (χ2v) is 7.78. The highest BCUT2D eigenvalue weighted by Gasteiger charge is 2.25. The van der Waals surface area contributed by atoms with E-state index in [0.29, 0.717) is 37.4 Å². The summed E-state index contributed by atoms with van der Waals surface area (Å²) in [6.07, 6.45) is 7.68. The van der Waals surface area contributed by atoms with Crippen LogP contribution in [0.2, 0.25) is 0 Å². The van der Waals surface area contributed by atoms with Crippen LogP contribution in [0.5, 0.6) is 0 Å². The first-order valence-electron chi connectivity index (χ1n) is 10.6. The Morgan fingerprint density at radius 3 is 2.75 bits per heavy atom. The summed E-state index contributed by atoms with van der Waals surface area (Å²) in [5, 5.41) is 3.00. The first kappa shape index (κ1) is 20.9. The van der Waals surface area contributed by atoms with Crippen LogP contribution in [-0.4, -0.2) is 73.6 Å². The lowest BCUT2D eigenvalue weighted by atomic mass is 10.1. The van der Waals surface area contributed by atoms with Gasteiger partial charge in [-0.15, -0.1) is 0 Å². The number of piperidine rings is 1. The zero-order valence-electron chi connectivity index (χ0n) is 17.0. The van der Waals surface area contributed by atoms with Crippen molar-refractivity contribution in [2.45, 2.75) is 51.6 Å². The fourth-order valence-corrected chi connectivity index (χ4v) is 3.95. The molecule has 7 nitrogen and oxygen atoms in total. The maximum Gasteiger partial charge on any atom is 0.257 e. The van der Waals surface area contributed by atoms with Gasteiger partial charge in [0.25, 0.3) is 5.91 Å². The Labute approximate surface area is 167 Å². The van der Waals surface area contributed by atoms with Crippen molar-refractivity contribution >= 4 is 11.8 Å². The molecule has 0 bridgehead atoms. The Balaban J connectivity index is 1.46. The molecule has 1 aromatic heterocycles. The largest absolute Gasteiger partial charge is 0.469 e. The number of carbonyl (C=O) groups excluding carboxylic acids is 2. The van der Waals surface area contributed by atoms with Crippen molar-refractivity contribution in [3.8, 4) is 0 Å². The van der Waals surface area contributed by atoms with Crippen molar-refractivity contribution in [3.63, 3.8) is 0 Å². The summed E-state index contributed by atoms with van der Waals surface area (Å²) in [7, 11) is 0. The van der Waals surface area contributed by atoms with Crippen LogP contribution in [0.3, 0.4) is 0 Å². The molecule has 2 aliphatic rings. The highest BCUT2D eigenvalue weighted by Crippen LogP contribution is 2.17. The smallest absolute Gasteiger partial charge is 0.257 e. The summed E-state index contributed by atoms with van der Waals surface area (Å²) in [5.74, 6) is 0.502. The van der Waals surface area contributed by atoms with Gasteiger partial charge < -0.3 is 24.3 Å². The summed E-state index contributed by atoms with van der Waals surface area (Å²) in [6, 6.07) is 1.69. The molecule has 0 radical (unpaired) electrons. The van der Waals surface area contributed by atoms with E-state index < -0.39 is 0 Å². The third kappa shape index (κ3) is 6.07. The van der Waals surface area contributed by atoms with E-state index in [1.165, 1.54) is 25.5 Å². The van der Waals surface area contributed by atoms with Gasteiger partial charge in [0, 0.05) is 39.2 Å². The van der Waals surface area contributed by atoms with Gasteiger partial charge >= 0.3 is 0 Å². The lowest BCUT2D eigenvalue weighted by molar-refractivity contribution is -0.121. The molecule has 3 heterocycles. The molecule has 7 heteroatoms. The molecule has 2 aliphatic heterocycles. The molecule has 1 aromatic rings. The van der Waals surface area contributed by atoms with Gasteiger partial charge in [0.05, 0.1) is 17.9 Å². The second-order valence-electron chi connectivity index (χ2n) is 7.78. The number of hydrogen-bond acceptors (Lipinski definition) is 5. The summed E-state index contributed by atoms with van der Waals surface area (Å²) < 4.78 is 11.0. The minimum Gasteiger partial charge on any atom is -0.469 e. The fraction of sp³-hybridized carbons (Fsp3) is 0.714. The molecule has 0 unspecified atom stereocenters. The van der Waals surface area contributed by atoms with Crippen LogP contribution in [0.4, 0.5) is 0 Å². The van der Waals surface area contributed by atoms with Gasteiger partial charge in [0.1, 0.15) is 5.76 Å². The van der Waals surface area contributed by atoms with E-state index >= 15 is 0 Å². The van der Waals surface area contributed by atoms with Crippen LogP contribution < -0.4 is 5.32 Å². The van der Waals surface area contributed by atoms with Gasteiger partial charge in [0.15, 0.2) is 0 Å². The van der Waals surface area contributed by atoms with Crippen molar-refractivity contribution in [1.82, 2.24) is 15.1 Å². The molecule has 28 heavy (non-hydrogen) atoms. The molecule has 1 atom stereocenters. The van der Waals surface area contributed by atoms with Crippen LogP contribution in [-0.2, 0) is 9.53 Å². The van der Waals surface area contributed by atoms with Crippen molar-refractivity contribution in [2.75, 3.05) is 45.9 Å². The van der Waals surface area contributed by atoms with E-state index in [4.69, 9.17) is 9.15 Å². The SMILES string of the molecule is Cc1occc1C(=O)N(CCC(=O)NCCN1CCCCC1)C[C@@H]1CCCO1. The molecule has 3 rings (SSSR count). The summed E-state index contributed by atoms with van der Waals surface area (Å²) >= 11 is 0. The Kier molecular flexibility index (Phi) is 7.91. The lowest BCUT2D eigenvalue weighted by Crippen LogP contribution is -2.41. The Bertz CT molecular complexity index is 633. The van der Waals surface area contributed by atoms with Crippen LogP contribution in [0, 0.1) is 6.92 Å². The quantitative estimate of drug-likeness (QED) is 0.699. The third-order valence-corrected chi connectivity index (χ3v) is 5.63. The Morgan fingerprint density at radius 2 is 2.07 bits per heavy atom. The van der Waals surface area contributed by atoms with Gasteiger partial charge in [0.2, 0.25) is 5.91 Å². The zero-order chi connectivity index (χ0) is 19.8. The monoisotopic (exact) mass is 391 g/mol. The molecule has 0 spiro atoms. The number of ether oxygens (including phenoxy) is 1. The van der Waals surface area contributed by atoms with E-state index in [9.17, 15) is 9.59 Å². The van der Waals surface area contributed by atoms with Crippen molar-refractivity contribution in [1.29, 1.82) is 0 Å². The Hall–Kier alpha value is -1.86. The van der Waals surface area contributed by atoms with Crippen molar-refractivity contribution < 1.29 is 18.7 Å². The molecule has 2 saturated heterocycles. The van der Waals surface area contributed by atoms with Crippen LogP contribution in [0.1, 0.15) is 54.6 Å². The first-order valence-corrected chi connectivity index (χ1v) is 10.6. The van der Waals surface area contributed by atoms with Gasteiger partial charge in [-0.25, -0.2) is 0 Å². The number of amides is 2. The van der Waals surface area contributed by atoms with E-state index in [1.807, 2.05) is 0 Å². The maximum absolute atomic E-state index is 12.9. The zero-order valence-corrected chi connectivity index (χ0v) is 17.0. The number of aryl methyl sites for hydroxylation is 1. The van der Waals surface area contributed by atoms with E-state index in [2.05, 4.69) is 10.2 Å². The third-order valence-electron chi connectivity index (χ3n) is 5.63. The minimum atomic E-state index is -0.0946. The standard InChI is InChI=1S/C21H33N3O4/c1-17-19(8-15-27-17)21(26)24(16-18-6-5-14-28-18)12-7-20(25)22-9-13-23-10-3-2-4-11-23/h8,15,18H,2-7,9-14,16H2,1H3,(H,22,25)/t18-/m0/s1. The van der Waals surface area contributed by atoms with Gasteiger partial charge in [-0.1, -0.05) is 6.42 Å². The van der Waals surface area contributed by atoms with Crippen molar-refractivity contribution in [2.24, 2.45) is 0 Å². The average molecular weight is 392 g/mol. The average Bonchev–Trinajstić information content (AvgIpc) is 3.37. The van der Waals surface area contributed by atoms with Crippen LogP contribution >= 0.6 is 0 Å². The first-order chi connectivity index (χ1) is 13.6. The van der Waals surface area contributed by atoms with Gasteiger partial charge in [-0.3, -0.25) is 9.59 Å². The molecule has 2 amide bonds. The molecule has 0 aliphatic carbocycles. The molecule has 156 valence electrons. The number of likely N-dealkylation sites (tertiary alicyclic amines) is 1. The molecule has 2 fully saturated rings. The Morgan fingerprint density at radius 1 is 1.25 bits per heavy atom. The molecular weight excluding hydrogens is 358 g/mol.